The predicted octanol–water partition coefficient (Wildman–Crippen LogP) is 5.02. The van der Waals surface area contributed by atoms with Crippen LogP contribution >= 0.6 is 23.7 Å². The van der Waals surface area contributed by atoms with E-state index in [2.05, 4.69) is 71.0 Å². The fourth-order valence-electron chi connectivity index (χ4n) is 2.44. The Labute approximate surface area is 137 Å². The first-order valence-electron chi connectivity index (χ1n) is 7.07. The van der Waals surface area contributed by atoms with E-state index in [1.54, 1.807) is 11.3 Å². The molecule has 0 amide bonds. The zero-order valence-electron chi connectivity index (χ0n) is 11.9. The first-order chi connectivity index (χ1) is 9.90. The largest absolute Gasteiger partial charge is 0.295 e. The van der Waals surface area contributed by atoms with Crippen LogP contribution in [0.2, 0.25) is 0 Å². The van der Waals surface area contributed by atoms with Crippen molar-refractivity contribution >= 4 is 29.8 Å². The summed E-state index contributed by atoms with van der Waals surface area (Å²) in [7, 11) is 0. The van der Waals surface area contributed by atoms with E-state index in [-0.39, 0.29) is 12.4 Å². The predicted molar refractivity (Wildman–Crippen MR) is 95.0 cm³/mol. The number of thiophene rings is 1. The van der Waals surface area contributed by atoms with E-state index in [1.165, 1.54) is 16.0 Å². The van der Waals surface area contributed by atoms with Crippen LogP contribution < -0.4 is 0 Å². The minimum atomic E-state index is 0. The van der Waals surface area contributed by atoms with Crippen molar-refractivity contribution in [2.75, 3.05) is 13.1 Å². The Bertz CT molecular complexity index is 587. The lowest BCUT2D eigenvalue weighted by molar-refractivity contribution is 0.287. The Balaban J connectivity index is 0.00000161. The molecule has 110 valence electrons. The molecule has 3 heteroatoms. The van der Waals surface area contributed by atoms with Crippen LogP contribution in [0.15, 0.2) is 65.6 Å². The van der Waals surface area contributed by atoms with Crippen LogP contribution in [0, 0.1) is 0 Å². The standard InChI is InChI=1S/C18H19NS.ClH/c1-2-5-17(6-3-1)15-19-12-10-16(11-13-19)8-9-18-7-4-14-20-18;/h1-10,14H,11-13,15H2;1H. The molecule has 1 aliphatic heterocycles. The van der Waals surface area contributed by atoms with Gasteiger partial charge in [0.05, 0.1) is 0 Å². The van der Waals surface area contributed by atoms with Crippen molar-refractivity contribution in [3.63, 3.8) is 0 Å². The summed E-state index contributed by atoms with van der Waals surface area (Å²) < 4.78 is 0. The molecule has 1 nitrogen and oxygen atoms in total. The number of rotatable bonds is 4. The second-order valence-corrected chi connectivity index (χ2v) is 6.08. The van der Waals surface area contributed by atoms with Crippen molar-refractivity contribution in [2.24, 2.45) is 0 Å². The van der Waals surface area contributed by atoms with Crippen LogP contribution in [0.25, 0.3) is 6.08 Å². The van der Waals surface area contributed by atoms with Gasteiger partial charge in [0, 0.05) is 24.5 Å². The van der Waals surface area contributed by atoms with Crippen LogP contribution in [0.5, 0.6) is 0 Å². The maximum Gasteiger partial charge on any atom is 0.0270 e. The fourth-order valence-corrected chi connectivity index (χ4v) is 3.06. The van der Waals surface area contributed by atoms with E-state index in [9.17, 15) is 0 Å². The van der Waals surface area contributed by atoms with Crippen molar-refractivity contribution in [2.45, 2.75) is 13.0 Å². The van der Waals surface area contributed by atoms with Crippen LogP contribution in [0.3, 0.4) is 0 Å². The van der Waals surface area contributed by atoms with Gasteiger partial charge < -0.3 is 0 Å². The Hall–Kier alpha value is -1.35. The van der Waals surface area contributed by atoms with E-state index < -0.39 is 0 Å². The maximum absolute atomic E-state index is 2.50. The summed E-state index contributed by atoms with van der Waals surface area (Å²) in [5.74, 6) is 0. The highest BCUT2D eigenvalue weighted by molar-refractivity contribution is 7.10. The highest BCUT2D eigenvalue weighted by Crippen LogP contribution is 2.17. The highest BCUT2D eigenvalue weighted by atomic mass is 35.5. The molecule has 0 bridgehead atoms. The molecule has 1 aliphatic rings. The molecule has 0 aliphatic carbocycles. The van der Waals surface area contributed by atoms with Crippen molar-refractivity contribution in [3.8, 4) is 0 Å². The zero-order chi connectivity index (χ0) is 13.6. The van der Waals surface area contributed by atoms with E-state index >= 15 is 0 Å². The SMILES string of the molecule is C(=Cc1cccs1)C1=CCN(Cc2ccccc2)CC1.Cl. The molecule has 0 fully saturated rings. The summed E-state index contributed by atoms with van der Waals surface area (Å²) in [5.41, 5.74) is 2.86. The number of hydrogen-bond donors (Lipinski definition) is 0. The average molecular weight is 318 g/mol. The van der Waals surface area contributed by atoms with Gasteiger partial charge in [-0.3, -0.25) is 4.90 Å². The Kier molecular flexibility index (Phi) is 6.24. The number of benzene rings is 1. The molecule has 0 saturated carbocycles. The molecule has 21 heavy (non-hydrogen) atoms. The van der Waals surface area contributed by atoms with Crippen LogP contribution in [0.4, 0.5) is 0 Å². The third kappa shape index (κ3) is 4.85. The first-order valence-corrected chi connectivity index (χ1v) is 7.95. The van der Waals surface area contributed by atoms with Crippen molar-refractivity contribution in [1.29, 1.82) is 0 Å². The fraction of sp³-hybridized carbons (Fsp3) is 0.222. The third-order valence-corrected chi connectivity index (χ3v) is 4.42. The molecule has 1 aromatic heterocycles. The topological polar surface area (TPSA) is 3.24 Å². The van der Waals surface area contributed by atoms with Crippen LogP contribution in [-0.2, 0) is 6.54 Å². The van der Waals surface area contributed by atoms with Crippen molar-refractivity contribution in [1.82, 2.24) is 4.90 Å². The van der Waals surface area contributed by atoms with Gasteiger partial charge in [0.15, 0.2) is 0 Å². The second kappa shape index (κ2) is 8.18. The molecule has 2 aromatic rings. The third-order valence-electron chi connectivity index (χ3n) is 3.58. The molecule has 0 saturated heterocycles. The minimum absolute atomic E-state index is 0. The highest BCUT2D eigenvalue weighted by Gasteiger charge is 2.10. The van der Waals surface area contributed by atoms with E-state index in [0.717, 1.165) is 26.1 Å². The lowest BCUT2D eigenvalue weighted by Gasteiger charge is -2.25. The molecule has 3 rings (SSSR count). The lowest BCUT2D eigenvalue weighted by atomic mass is 10.1. The summed E-state index contributed by atoms with van der Waals surface area (Å²) in [6, 6.07) is 15.0. The van der Waals surface area contributed by atoms with Gasteiger partial charge in [0.2, 0.25) is 0 Å². The van der Waals surface area contributed by atoms with Crippen LogP contribution in [-0.4, -0.2) is 18.0 Å². The monoisotopic (exact) mass is 317 g/mol. The Morgan fingerprint density at radius 3 is 2.57 bits per heavy atom. The maximum atomic E-state index is 2.50. The van der Waals surface area contributed by atoms with Gasteiger partial charge in [-0.1, -0.05) is 48.6 Å². The average Bonchev–Trinajstić information content (AvgIpc) is 3.01. The molecule has 1 aromatic carbocycles. The summed E-state index contributed by atoms with van der Waals surface area (Å²) in [6.45, 7) is 3.26. The number of nitrogens with zero attached hydrogens (tertiary/aromatic N) is 1. The quantitative estimate of drug-likeness (QED) is 0.765. The van der Waals surface area contributed by atoms with Crippen molar-refractivity contribution in [3.05, 3.63) is 76.0 Å². The molecule has 0 radical (unpaired) electrons. The van der Waals surface area contributed by atoms with Gasteiger partial charge >= 0.3 is 0 Å². The summed E-state index contributed by atoms with van der Waals surface area (Å²) in [6.07, 6.45) is 8.00. The zero-order valence-corrected chi connectivity index (χ0v) is 13.6. The molecule has 2 heterocycles. The molecule has 0 spiro atoms. The molecular weight excluding hydrogens is 298 g/mol. The smallest absolute Gasteiger partial charge is 0.0270 e. The van der Waals surface area contributed by atoms with Crippen LogP contribution in [0.1, 0.15) is 16.9 Å². The molecule has 0 N–H and O–H groups in total. The van der Waals surface area contributed by atoms with E-state index in [1.807, 2.05) is 0 Å². The number of hydrogen-bond acceptors (Lipinski definition) is 2. The van der Waals surface area contributed by atoms with Gasteiger partial charge in [-0.2, -0.15) is 0 Å². The minimum Gasteiger partial charge on any atom is -0.295 e. The number of allylic oxidation sites excluding steroid dienone is 1. The normalized spacial score (nSPS) is 15.7. The summed E-state index contributed by atoms with van der Waals surface area (Å²) >= 11 is 1.79. The van der Waals surface area contributed by atoms with Gasteiger partial charge in [0.25, 0.3) is 0 Å². The van der Waals surface area contributed by atoms with E-state index in [0.29, 0.717) is 0 Å². The summed E-state index contributed by atoms with van der Waals surface area (Å²) in [4.78, 5) is 3.83. The van der Waals surface area contributed by atoms with E-state index in [4.69, 9.17) is 0 Å². The Morgan fingerprint density at radius 2 is 1.90 bits per heavy atom. The second-order valence-electron chi connectivity index (χ2n) is 5.10. The van der Waals surface area contributed by atoms with Gasteiger partial charge in [-0.15, -0.1) is 23.7 Å². The molecular formula is C18H20ClNS. The van der Waals surface area contributed by atoms with Crippen molar-refractivity contribution < 1.29 is 0 Å². The lowest BCUT2D eigenvalue weighted by Crippen LogP contribution is -2.27. The van der Waals surface area contributed by atoms with Gasteiger partial charge in [0.1, 0.15) is 0 Å². The molecule has 0 unspecified atom stereocenters. The molecule has 0 atom stereocenters. The van der Waals surface area contributed by atoms with Gasteiger partial charge in [-0.25, -0.2) is 0 Å². The van der Waals surface area contributed by atoms with Gasteiger partial charge in [-0.05, 0) is 35.1 Å². The first kappa shape index (κ1) is 16.0. The summed E-state index contributed by atoms with van der Waals surface area (Å²) in [5, 5.41) is 2.12. The number of halogens is 1. The Morgan fingerprint density at radius 1 is 1.05 bits per heavy atom.